The van der Waals surface area contributed by atoms with Crippen molar-refractivity contribution >= 4 is 29.0 Å². The predicted octanol–water partition coefficient (Wildman–Crippen LogP) is 3.20. The third-order valence-electron chi connectivity index (χ3n) is 2.75. The van der Waals surface area contributed by atoms with E-state index >= 15 is 0 Å². The molecule has 22 heavy (non-hydrogen) atoms. The van der Waals surface area contributed by atoms with Gasteiger partial charge >= 0.3 is 5.82 Å². The van der Waals surface area contributed by atoms with Crippen molar-refractivity contribution < 1.29 is 9.45 Å². The Labute approximate surface area is 133 Å². The molecule has 0 atom stereocenters. The average Bonchev–Trinajstić information content (AvgIpc) is 3.09. The van der Waals surface area contributed by atoms with Gasteiger partial charge in [-0.25, -0.2) is 0 Å². The minimum absolute atomic E-state index is 0.117. The Bertz CT molecular complexity index is 845. The first kappa shape index (κ1) is 14.5. The van der Waals surface area contributed by atoms with Crippen molar-refractivity contribution in [3.8, 4) is 11.4 Å². The van der Waals surface area contributed by atoms with E-state index in [4.69, 9.17) is 27.7 Å². The molecule has 0 unspecified atom stereocenters. The van der Waals surface area contributed by atoms with Gasteiger partial charge in [-0.3, -0.25) is 0 Å². The van der Waals surface area contributed by atoms with Crippen LogP contribution in [0.1, 0.15) is 5.89 Å². The maximum Gasteiger partial charge on any atom is 0.389 e. The Hall–Kier alpha value is -2.45. The zero-order chi connectivity index (χ0) is 15.7. The molecule has 0 aliphatic rings. The van der Waals surface area contributed by atoms with Crippen LogP contribution in [0.3, 0.4) is 0 Å². The van der Waals surface area contributed by atoms with Crippen LogP contribution in [0.15, 0.2) is 35.0 Å². The van der Waals surface area contributed by atoms with Gasteiger partial charge in [-0.05, 0) is 23.1 Å². The number of hydrogen-bond donors (Lipinski definition) is 0. The van der Waals surface area contributed by atoms with E-state index in [1.54, 1.807) is 18.2 Å². The number of nitrogens with zero attached hydrogens (tertiary/aromatic N) is 5. The minimum Gasteiger partial charge on any atom is -0.358 e. The highest BCUT2D eigenvalue weighted by Gasteiger charge is 2.16. The van der Waals surface area contributed by atoms with E-state index in [9.17, 15) is 10.1 Å². The molecule has 0 aliphatic carbocycles. The number of nitro groups is 1. The molecule has 0 saturated heterocycles. The van der Waals surface area contributed by atoms with Crippen LogP contribution < -0.4 is 0 Å². The fourth-order valence-electron chi connectivity index (χ4n) is 1.77. The normalized spacial score (nSPS) is 10.8. The summed E-state index contributed by atoms with van der Waals surface area (Å²) in [5, 5.41) is 19.1. The van der Waals surface area contributed by atoms with E-state index in [1.165, 1.54) is 16.9 Å². The zero-order valence-corrected chi connectivity index (χ0v) is 12.3. The second-order valence-electron chi connectivity index (χ2n) is 4.26. The summed E-state index contributed by atoms with van der Waals surface area (Å²) in [5.41, 5.74) is 0.576. The van der Waals surface area contributed by atoms with Crippen LogP contribution in [0.25, 0.3) is 11.4 Å². The molecule has 2 heterocycles. The van der Waals surface area contributed by atoms with Crippen LogP contribution in [-0.4, -0.2) is 24.8 Å². The lowest BCUT2D eigenvalue weighted by Crippen LogP contribution is -2.01. The first-order valence-electron chi connectivity index (χ1n) is 5.99. The lowest BCUT2D eigenvalue weighted by atomic mass is 10.2. The van der Waals surface area contributed by atoms with Gasteiger partial charge in [-0.1, -0.05) is 28.4 Å². The summed E-state index contributed by atoms with van der Waals surface area (Å²) < 4.78 is 6.43. The molecule has 8 nitrogen and oxygen atoms in total. The molecule has 0 aliphatic heterocycles. The van der Waals surface area contributed by atoms with Crippen LogP contribution in [0, 0.1) is 10.1 Å². The number of halogens is 2. The average molecular weight is 340 g/mol. The lowest BCUT2D eigenvalue weighted by molar-refractivity contribution is -0.389. The summed E-state index contributed by atoms with van der Waals surface area (Å²) in [5.74, 6) is 0.304. The molecular formula is C12H7Cl2N5O3. The number of aromatic nitrogens is 4. The van der Waals surface area contributed by atoms with Gasteiger partial charge in [-0.2, -0.15) is 9.67 Å². The number of benzene rings is 1. The predicted molar refractivity (Wildman–Crippen MR) is 77.7 cm³/mol. The maximum atomic E-state index is 10.6. The summed E-state index contributed by atoms with van der Waals surface area (Å²) in [6, 6.07) is 6.20. The van der Waals surface area contributed by atoms with Crippen LogP contribution in [-0.2, 0) is 6.54 Å². The van der Waals surface area contributed by atoms with E-state index < -0.39 is 4.92 Å². The van der Waals surface area contributed by atoms with Crippen molar-refractivity contribution in [2.24, 2.45) is 0 Å². The molecule has 0 spiro atoms. The summed E-state index contributed by atoms with van der Waals surface area (Å²) in [4.78, 5) is 14.2. The molecule has 10 heteroatoms. The molecular weight excluding hydrogens is 333 g/mol. The van der Waals surface area contributed by atoms with Crippen molar-refractivity contribution in [3.63, 3.8) is 0 Å². The summed E-state index contributed by atoms with van der Waals surface area (Å²) >= 11 is 11.9. The van der Waals surface area contributed by atoms with Crippen molar-refractivity contribution in [1.29, 1.82) is 0 Å². The monoisotopic (exact) mass is 339 g/mol. The molecule has 2 aromatic heterocycles. The Kier molecular flexibility index (Phi) is 3.78. The van der Waals surface area contributed by atoms with Crippen molar-refractivity contribution in [2.75, 3.05) is 0 Å². The second-order valence-corrected chi connectivity index (χ2v) is 5.11. The molecule has 0 amide bonds. The fourth-order valence-corrected chi connectivity index (χ4v) is 2.27. The van der Waals surface area contributed by atoms with Crippen LogP contribution in [0.2, 0.25) is 10.0 Å². The molecule has 0 bridgehead atoms. The quantitative estimate of drug-likeness (QED) is 0.534. The third-order valence-corrected chi connectivity index (χ3v) is 3.30. The van der Waals surface area contributed by atoms with Crippen LogP contribution in [0.4, 0.5) is 5.82 Å². The maximum absolute atomic E-state index is 10.6. The molecule has 0 N–H and O–H groups in total. The molecule has 3 aromatic rings. The van der Waals surface area contributed by atoms with Crippen LogP contribution in [0.5, 0.6) is 0 Å². The van der Waals surface area contributed by atoms with Gasteiger partial charge in [0, 0.05) is 10.6 Å². The van der Waals surface area contributed by atoms with Crippen molar-refractivity contribution in [1.82, 2.24) is 19.9 Å². The van der Waals surface area contributed by atoms with E-state index in [1.807, 2.05) is 0 Å². The first-order chi connectivity index (χ1) is 10.5. The highest BCUT2D eigenvalue weighted by atomic mass is 35.5. The highest BCUT2D eigenvalue weighted by Crippen LogP contribution is 2.28. The minimum atomic E-state index is -0.580. The first-order valence-corrected chi connectivity index (χ1v) is 6.74. The molecule has 112 valence electrons. The summed E-state index contributed by atoms with van der Waals surface area (Å²) in [6.45, 7) is 0.117. The number of rotatable bonds is 4. The van der Waals surface area contributed by atoms with E-state index in [2.05, 4.69) is 15.2 Å². The molecule has 0 saturated carbocycles. The zero-order valence-electron chi connectivity index (χ0n) is 10.8. The third kappa shape index (κ3) is 2.92. The van der Waals surface area contributed by atoms with Crippen LogP contribution >= 0.6 is 23.2 Å². The number of hydrogen-bond acceptors (Lipinski definition) is 6. The van der Waals surface area contributed by atoms with Gasteiger partial charge in [0.1, 0.15) is 6.54 Å². The van der Waals surface area contributed by atoms with Crippen molar-refractivity contribution in [3.05, 3.63) is 56.5 Å². The highest BCUT2D eigenvalue weighted by molar-refractivity contribution is 6.36. The Morgan fingerprint density at radius 2 is 2.14 bits per heavy atom. The Balaban J connectivity index is 1.82. The SMILES string of the molecule is O=[N+]([O-])c1ccn(Cc2nc(-c3ccc(Cl)cc3Cl)no2)n1. The van der Waals surface area contributed by atoms with Gasteiger partial charge in [0.05, 0.1) is 22.4 Å². The Morgan fingerprint density at radius 3 is 2.82 bits per heavy atom. The topological polar surface area (TPSA) is 99.9 Å². The second kappa shape index (κ2) is 5.74. The van der Waals surface area contributed by atoms with E-state index in [0.29, 0.717) is 21.4 Å². The molecule has 1 aromatic carbocycles. The van der Waals surface area contributed by atoms with E-state index in [0.717, 1.165) is 0 Å². The van der Waals surface area contributed by atoms with Gasteiger partial charge in [0.15, 0.2) is 0 Å². The van der Waals surface area contributed by atoms with Gasteiger partial charge in [0.2, 0.25) is 5.82 Å². The van der Waals surface area contributed by atoms with Gasteiger partial charge in [0.25, 0.3) is 5.89 Å². The fraction of sp³-hybridized carbons (Fsp3) is 0.0833. The van der Waals surface area contributed by atoms with Gasteiger partial charge in [-0.15, -0.1) is 0 Å². The standard InChI is InChI=1S/C12H7Cl2N5O3/c13-7-1-2-8(9(14)5-7)12-15-11(22-17-12)6-18-4-3-10(16-18)19(20)21/h1-5H,6H2. The molecule has 0 fully saturated rings. The largest absolute Gasteiger partial charge is 0.389 e. The van der Waals surface area contributed by atoms with Crippen molar-refractivity contribution in [2.45, 2.75) is 6.54 Å². The van der Waals surface area contributed by atoms with E-state index in [-0.39, 0.29) is 18.3 Å². The lowest BCUT2D eigenvalue weighted by Gasteiger charge is -1.98. The molecule has 0 radical (unpaired) electrons. The smallest absolute Gasteiger partial charge is 0.358 e. The summed E-state index contributed by atoms with van der Waals surface area (Å²) in [7, 11) is 0. The summed E-state index contributed by atoms with van der Waals surface area (Å²) in [6.07, 6.45) is 1.46. The van der Waals surface area contributed by atoms with Gasteiger partial charge < -0.3 is 14.6 Å². The Morgan fingerprint density at radius 1 is 1.32 bits per heavy atom. The molecule has 3 rings (SSSR count).